The van der Waals surface area contributed by atoms with Gasteiger partial charge < -0.3 is 4.74 Å². The number of ether oxygens (including phenoxy) is 1. The lowest BCUT2D eigenvalue weighted by molar-refractivity contribution is 0.238. The first-order chi connectivity index (χ1) is 13.8. The summed E-state index contributed by atoms with van der Waals surface area (Å²) >= 11 is 3.51. The van der Waals surface area contributed by atoms with Crippen molar-refractivity contribution in [3.63, 3.8) is 0 Å². The molecular weight excluding hydrogens is 410 g/mol. The first-order valence-corrected chi connectivity index (χ1v) is 10.9. The van der Waals surface area contributed by atoms with Crippen LogP contribution < -0.4 is 4.74 Å². The molecule has 1 aliphatic heterocycles. The van der Waals surface area contributed by atoms with Gasteiger partial charge in [0.05, 0.1) is 0 Å². The summed E-state index contributed by atoms with van der Waals surface area (Å²) in [5.74, 6) is 0.952. The Morgan fingerprint density at radius 2 is 1.54 bits per heavy atom. The Morgan fingerprint density at radius 1 is 0.821 bits per heavy atom. The first-order valence-electron chi connectivity index (χ1n) is 10.1. The Balaban J connectivity index is 1.42. The number of hydrogen-bond donors (Lipinski definition) is 0. The van der Waals surface area contributed by atoms with Gasteiger partial charge >= 0.3 is 0 Å². The van der Waals surface area contributed by atoms with E-state index in [0.29, 0.717) is 0 Å². The maximum absolute atomic E-state index is 5.95. The van der Waals surface area contributed by atoms with Crippen LogP contribution >= 0.6 is 15.9 Å². The van der Waals surface area contributed by atoms with Crippen LogP contribution in [0, 0.1) is 0 Å². The number of likely N-dealkylation sites (tertiary alicyclic amines) is 1. The molecule has 2 nitrogen and oxygen atoms in total. The molecule has 1 fully saturated rings. The lowest BCUT2D eigenvalue weighted by Crippen LogP contribution is -2.25. The van der Waals surface area contributed by atoms with Crippen molar-refractivity contribution in [2.75, 3.05) is 26.2 Å². The number of rotatable bonds is 7. The lowest BCUT2D eigenvalue weighted by atomic mass is 9.95. The van der Waals surface area contributed by atoms with E-state index in [1.54, 1.807) is 0 Å². The molecule has 0 spiro atoms. The summed E-state index contributed by atoms with van der Waals surface area (Å²) < 4.78 is 7.07. The molecular formula is C25H26BrNO. The van der Waals surface area contributed by atoms with E-state index in [1.807, 2.05) is 0 Å². The summed E-state index contributed by atoms with van der Waals surface area (Å²) in [5, 5.41) is 0. The third-order valence-electron chi connectivity index (χ3n) is 5.37. The summed E-state index contributed by atoms with van der Waals surface area (Å²) in [4.78, 5) is 2.48. The first kappa shape index (κ1) is 19.2. The average molecular weight is 436 g/mol. The Labute approximate surface area is 176 Å². The van der Waals surface area contributed by atoms with Gasteiger partial charge in [-0.05, 0) is 78.9 Å². The van der Waals surface area contributed by atoms with Crippen molar-refractivity contribution in [3.8, 4) is 16.9 Å². The molecule has 0 aliphatic carbocycles. The fourth-order valence-corrected chi connectivity index (χ4v) is 4.07. The van der Waals surface area contributed by atoms with E-state index in [1.165, 1.54) is 48.2 Å². The minimum Gasteiger partial charge on any atom is -0.492 e. The van der Waals surface area contributed by atoms with Gasteiger partial charge in [-0.15, -0.1) is 0 Å². The molecule has 1 saturated heterocycles. The van der Waals surface area contributed by atoms with Gasteiger partial charge in [0.25, 0.3) is 0 Å². The Bertz CT molecular complexity index is 883. The fourth-order valence-electron chi connectivity index (χ4n) is 3.81. The highest BCUT2D eigenvalue weighted by molar-refractivity contribution is 9.10. The number of benzene rings is 3. The molecule has 28 heavy (non-hydrogen) atoms. The lowest BCUT2D eigenvalue weighted by Gasteiger charge is -2.15. The van der Waals surface area contributed by atoms with Crippen LogP contribution in [0.1, 0.15) is 24.0 Å². The highest BCUT2D eigenvalue weighted by Gasteiger charge is 2.11. The van der Waals surface area contributed by atoms with Crippen molar-refractivity contribution in [1.29, 1.82) is 0 Å². The third-order valence-corrected chi connectivity index (χ3v) is 5.89. The molecule has 0 bridgehead atoms. The third kappa shape index (κ3) is 5.03. The number of nitrogens with zero attached hydrogens (tertiary/aromatic N) is 1. The van der Waals surface area contributed by atoms with Gasteiger partial charge in [-0.3, -0.25) is 4.90 Å². The topological polar surface area (TPSA) is 12.5 Å². The smallest absolute Gasteiger partial charge is 0.119 e. The van der Waals surface area contributed by atoms with E-state index in [0.717, 1.165) is 29.8 Å². The van der Waals surface area contributed by atoms with Crippen molar-refractivity contribution in [2.24, 2.45) is 0 Å². The highest BCUT2D eigenvalue weighted by Crippen LogP contribution is 2.28. The number of hydrogen-bond acceptors (Lipinski definition) is 2. The van der Waals surface area contributed by atoms with E-state index < -0.39 is 0 Å². The average Bonchev–Trinajstić information content (AvgIpc) is 3.24. The van der Waals surface area contributed by atoms with Crippen LogP contribution in [0.3, 0.4) is 0 Å². The van der Waals surface area contributed by atoms with Gasteiger partial charge in [-0.25, -0.2) is 0 Å². The maximum atomic E-state index is 5.95. The molecule has 144 valence electrons. The molecule has 0 aromatic heterocycles. The van der Waals surface area contributed by atoms with E-state index in [4.69, 9.17) is 4.74 Å². The highest BCUT2D eigenvalue weighted by atomic mass is 79.9. The van der Waals surface area contributed by atoms with Crippen LogP contribution in [0.2, 0.25) is 0 Å². The zero-order chi connectivity index (χ0) is 19.2. The zero-order valence-electron chi connectivity index (χ0n) is 16.1. The predicted octanol–water partition coefficient (Wildman–Crippen LogP) is 6.18. The van der Waals surface area contributed by atoms with E-state index in [2.05, 4.69) is 93.6 Å². The molecule has 1 aliphatic rings. The SMILES string of the molecule is Brc1ccc(Cc2ccccc2-c2ccc(OCCN3CCCC3)cc2)cc1. The van der Waals surface area contributed by atoms with Crippen LogP contribution in [-0.2, 0) is 6.42 Å². The summed E-state index contributed by atoms with van der Waals surface area (Å²) in [6, 6.07) is 25.8. The zero-order valence-corrected chi connectivity index (χ0v) is 17.7. The fraction of sp³-hybridized carbons (Fsp3) is 0.280. The van der Waals surface area contributed by atoms with Gasteiger partial charge in [-0.1, -0.05) is 64.5 Å². The molecule has 0 N–H and O–H groups in total. The standard InChI is InChI=1S/C25H26BrNO/c26-23-11-7-20(8-12-23)19-22-5-1-2-6-25(22)21-9-13-24(14-10-21)28-18-17-27-15-3-4-16-27/h1-2,5-14H,3-4,15-19H2. The van der Waals surface area contributed by atoms with Crippen LogP contribution in [0.25, 0.3) is 11.1 Å². The Kier molecular flexibility index (Phi) is 6.45. The minimum absolute atomic E-state index is 0.763. The Morgan fingerprint density at radius 3 is 2.29 bits per heavy atom. The molecule has 3 aromatic rings. The number of halogens is 1. The van der Waals surface area contributed by atoms with Gasteiger partial charge in [0.15, 0.2) is 0 Å². The molecule has 3 aromatic carbocycles. The predicted molar refractivity (Wildman–Crippen MR) is 120 cm³/mol. The van der Waals surface area contributed by atoms with Crippen molar-refractivity contribution in [1.82, 2.24) is 4.90 Å². The van der Waals surface area contributed by atoms with Crippen molar-refractivity contribution in [3.05, 3.63) is 88.4 Å². The van der Waals surface area contributed by atoms with Crippen LogP contribution in [0.15, 0.2) is 77.3 Å². The second-order valence-electron chi connectivity index (χ2n) is 7.38. The molecule has 0 amide bonds. The molecule has 0 radical (unpaired) electrons. The minimum atomic E-state index is 0.763. The summed E-state index contributed by atoms with van der Waals surface area (Å²) in [5.41, 5.74) is 5.18. The van der Waals surface area contributed by atoms with E-state index >= 15 is 0 Å². The van der Waals surface area contributed by atoms with Crippen molar-refractivity contribution < 1.29 is 4.74 Å². The largest absolute Gasteiger partial charge is 0.492 e. The van der Waals surface area contributed by atoms with E-state index in [-0.39, 0.29) is 0 Å². The van der Waals surface area contributed by atoms with Crippen molar-refractivity contribution >= 4 is 15.9 Å². The second kappa shape index (κ2) is 9.40. The normalized spacial score (nSPS) is 14.3. The molecule has 3 heteroatoms. The van der Waals surface area contributed by atoms with Gasteiger partial charge in [0, 0.05) is 11.0 Å². The second-order valence-corrected chi connectivity index (χ2v) is 8.30. The molecule has 0 saturated carbocycles. The van der Waals surface area contributed by atoms with Crippen molar-refractivity contribution in [2.45, 2.75) is 19.3 Å². The Hall–Kier alpha value is -2.10. The van der Waals surface area contributed by atoms with Gasteiger partial charge in [0.1, 0.15) is 12.4 Å². The maximum Gasteiger partial charge on any atom is 0.119 e. The van der Waals surface area contributed by atoms with Gasteiger partial charge in [0.2, 0.25) is 0 Å². The molecule has 0 unspecified atom stereocenters. The van der Waals surface area contributed by atoms with Crippen LogP contribution in [0.4, 0.5) is 0 Å². The van der Waals surface area contributed by atoms with E-state index in [9.17, 15) is 0 Å². The summed E-state index contributed by atoms with van der Waals surface area (Å²) in [6.07, 6.45) is 3.58. The molecule has 1 heterocycles. The molecule has 0 atom stereocenters. The van der Waals surface area contributed by atoms with Crippen LogP contribution in [0.5, 0.6) is 5.75 Å². The summed E-state index contributed by atoms with van der Waals surface area (Å²) in [6.45, 7) is 4.23. The molecule has 4 rings (SSSR count). The van der Waals surface area contributed by atoms with Gasteiger partial charge in [-0.2, -0.15) is 0 Å². The van der Waals surface area contributed by atoms with Crippen LogP contribution in [-0.4, -0.2) is 31.1 Å². The monoisotopic (exact) mass is 435 g/mol. The summed E-state index contributed by atoms with van der Waals surface area (Å²) in [7, 11) is 0. The quantitative estimate of drug-likeness (QED) is 0.439.